The summed E-state index contributed by atoms with van der Waals surface area (Å²) in [6, 6.07) is 11.5. The molecule has 3 heterocycles. The largest absolute Gasteiger partial charge is 0.455 e. The molecule has 44 heavy (non-hydrogen) atoms. The molecule has 3 N–H and O–H groups in total. The Morgan fingerprint density at radius 3 is 2.45 bits per heavy atom. The van der Waals surface area contributed by atoms with Crippen molar-refractivity contribution in [1.82, 2.24) is 14.1 Å². The van der Waals surface area contributed by atoms with Gasteiger partial charge >= 0.3 is 5.69 Å². The maximum atomic E-state index is 13.5. The van der Waals surface area contributed by atoms with Crippen LogP contribution in [0.15, 0.2) is 76.7 Å². The van der Waals surface area contributed by atoms with Gasteiger partial charge in [-0.1, -0.05) is 0 Å². The van der Waals surface area contributed by atoms with Crippen LogP contribution in [0.2, 0.25) is 0 Å². The molecule has 1 aliphatic heterocycles. The van der Waals surface area contributed by atoms with Crippen molar-refractivity contribution >= 4 is 23.4 Å². The van der Waals surface area contributed by atoms with E-state index in [1.807, 2.05) is 13.0 Å². The summed E-state index contributed by atoms with van der Waals surface area (Å²) in [6.45, 7) is 8.08. The summed E-state index contributed by atoms with van der Waals surface area (Å²) in [4.78, 5) is 46.6. The first kappa shape index (κ1) is 30.2. The Balaban J connectivity index is 1.42. The minimum Gasteiger partial charge on any atom is -0.455 e. The Morgan fingerprint density at radius 2 is 1.80 bits per heavy atom. The second-order valence-corrected chi connectivity index (χ2v) is 10.5. The number of pyridine rings is 1. The molecule has 1 saturated heterocycles. The fourth-order valence-electron chi connectivity index (χ4n) is 4.81. The first-order chi connectivity index (χ1) is 21.2. The molecule has 1 fully saturated rings. The molecule has 0 radical (unpaired) electrons. The van der Waals surface area contributed by atoms with Crippen LogP contribution in [0.3, 0.4) is 0 Å². The highest BCUT2D eigenvalue weighted by Gasteiger charge is 2.21. The lowest BCUT2D eigenvalue weighted by atomic mass is 10.2. The van der Waals surface area contributed by atoms with Crippen LogP contribution in [0.4, 0.5) is 15.8 Å². The SMILES string of the molecule is Cc1cc(NC(=O)c2cn(C(C)C)c(=O)n(-c3ccc(F)cc3)c2=O)ccc1Oc1cc(N2CCOCC2)cnc1C=CN. The Hall–Kier alpha value is -5.23. The molecular weight excluding hydrogens is 567 g/mol. The fraction of sp³-hybridized carbons (Fsp3) is 0.250. The van der Waals surface area contributed by atoms with Crippen LogP contribution in [0.25, 0.3) is 11.8 Å². The quantitative estimate of drug-likeness (QED) is 0.307. The van der Waals surface area contributed by atoms with Gasteiger partial charge in [-0.3, -0.25) is 19.1 Å². The van der Waals surface area contributed by atoms with Gasteiger partial charge in [0.2, 0.25) is 0 Å². The lowest BCUT2D eigenvalue weighted by Crippen LogP contribution is -2.42. The third-order valence-electron chi connectivity index (χ3n) is 7.15. The van der Waals surface area contributed by atoms with Gasteiger partial charge < -0.3 is 25.4 Å². The summed E-state index contributed by atoms with van der Waals surface area (Å²) in [5.41, 5.74) is 6.66. The lowest BCUT2D eigenvalue weighted by molar-refractivity contribution is 0.102. The van der Waals surface area contributed by atoms with Crippen molar-refractivity contribution in [2.45, 2.75) is 26.8 Å². The minimum absolute atomic E-state index is 0.152. The van der Waals surface area contributed by atoms with Gasteiger partial charge in [-0.2, -0.15) is 0 Å². The summed E-state index contributed by atoms with van der Waals surface area (Å²) in [5.74, 6) is -0.183. The number of morpholine rings is 1. The number of nitrogens with one attached hydrogen (secondary N) is 1. The summed E-state index contributed by atoms with van der Waals surface area (Å²) < 4.78 is 27.4. The van der Waals surface area contributed by atoms with Crippen molar-refractivity contribution in [3.63, 3.8) is 0 Å². The number of carbonyl (C=O) groups is 1. The monoisotopic (exact) mass is 600 g/mol. The number of ether oxygens (including phenoxy) is 2. The van der Waals surface area contributed by atoms with Gasteiger partial charge in [0.05, 0.1) is 30.8 Å². The number of rotatable bonds is 8. The van der Waals surface area contributed by atoms with E-state index in [1.54, 1.807) is 44.3 Å². The normalized spacial score (nSPS) is 13.4. The number of anilines is 2. The van der Waals surface area contributed by atoms with E-state index in [-0.39, 0.29) is 17.3 Å². The van der Waals surface area contributed by atoms with Crippen LogP contribution < -0.4 is 31.9 Å². The Labute approximate surface area is 253 Å². The van der Waals surface area contributed by atoms with E-state index < -0.39 is 23.0 Å². The Kier molecular flexibility index (Phi) is 8.91. The molecule has 0 atom stereocenters. The van der Waals surface area contributed by atoms with Gasteiger partial charge in [-0.05, 0) is 81.1 Å². The maximum Gasteiger partial charge on any atom is 0.335 e. The second kappa shape index (κ2) is 13.0. The van der Waals surface area contributed by atoms with Gasteiger partial charge in [-0.15, -0.1) is 0 Å². The molecule has 4 aromatic rings. The highest BCUT2D eigenvalue weighted by molar-refractivity contribution is 6.04. The van der Waals surface area contributed by atoms with Crippen LogP contribution in [0.5, 0.6) is 11.5 Å². The first-order valence-electron chi connectivity index (χ1n) is 14.1. The van der Waals surface area contributed by atoms with E-state index in [4.69, 9.17) is 15.2 Å². The zero-order valence-electron chi connectivity index (χ0n) is 24.6. The highest BCUT2D eigenvalue weighted by atomic mass is 19.1. The molecule has 0 saturated carbocycles. The molecule has 2 aromatic heterocycles. The third kappa shape index (κ3) is 6.40. The van der Waals surface area contributed by atoms with Crippen LogP contribution >= 0.6 is 0 Å². The van der Waals surface area contributed by atoms with E-state index in [2.05, 4.69) is 15.2 Å². The van der Waals surface area contributed by atoms with E-state index >= 15 is 0 Å². The van der Waals surface area contributed by atoms with Gasteiger partial charge in [-0.25, -0.2) is 13.8 Å². The first-order valence-corrected chi connectivity index (χ1v) is 14.1. The number of nitrogens with two attached hydrogens (primary N) is 1. The number of hydrogen-bond acceptors (Lipinski definition) is 8. The molecule has 5 rings (SSSR count). The number of hydrogen-bond donors (Lipinski definition) is 2. The summed E-state index contributed by atoms with van der Waals surface area (Å²) in [6.07, 6.45) is 6.06. The number of aryl methyl sites for hydroxylation is 1. The number of halogens is 1. The van der Waals surface area contributed by atoms with E-state index in [9.17, 15) is 18.8 Å². The van der Waals surface area contributed by atoms with E-state index in [0.29, 0.717) is 41.7 Å². The highest BCUT2D eigenvalue weighted by Crippen LogP contribution is 2.32. The second-order valence-electron chi connectivity index (χ2n) is 10.5. The van der Waals surface area contributed by atoms with Crippen molar-refractivity contribution in [3.05, 3.63) is 111 Å². The van der Waals surface area contributed by atoms with Crippen molar-refractivity contribution in [2.24, 2.45) is 5.73 Å². The van der Waals surface area contributed by atoms with Crippen LogP contribution in [0.1, 0.15) is 41.5 Å². The van der Waals surface area contributed by atoms with Crippen molar-refractivity contribution in [2.75, 3.05) is 36.5 Å². The summed E-state index contributed by atoms with van der Waals surface area (Å²) in [5, 5.41) is 2.75. The predicted octanol–water partition coefficient (Wildman–Crippen LogP) is 4.23. The van der Waals surface area contributed by atoms with Crippen molar-refractivity contribution < 1.29 is 18.7 Å². The Bertz CT molecular complexity index is 1820. The zero-order chi connectivity index (χ0) is 31.4. The zero-order valence-corrected chi connectivity index (χ0v) is 24.6. The molecule has 228 valence electrons. The molecule has 0 aliphatic carbocycles. The van der Waals surface area contributed by atoms with Gasteiger partial charge in [0.15, 0.2) is 5.75 Å². The standard InChI is InChI=1S/C32H33FN6O5/c1-20(2)38-19-26(31(41)39(32(38)42)24-7-4-22(33)5-8-24)30(40)36-23-6-9-28(21(3)16-23)44-29-17-25(18-35-27(29)10-11-34)37-12-14-43-15-13-37/h4-11,16-20H,12-15,34H2,1-3H3,(H,36,40). The number of carbonyl (C=O) groups excluding carboxylic acids is 1. The van der Waals surface area contributed by atoms with E-state index in [0.717, 1.165) is 35.5 Å². The van der Waals surface area contributed by atoms with Gasteiger partial charge in [0.1, 0.15) is 22.8 Å². The predicted molar refractivity (Wildman–Crippen MR) is 166 cm³/mol. The van der Waals surface area contributed by atoms with Gasteiger partial charge in [0.25, 0.3) is 11.5 Å². The van der Waals surface area contributed by atoms with E-state index in [1.165, 1.54) is 29.1 Å². The number of amides is 1. The van der Waals surface area contributed by atoms with Crippen LogP contribution in [-0.4, -0.2) is 46.3 Å². The molecular formula is C32H33FN6O5. The molecule has 1 amide bonds. The van der Waals surface area contributed by atoms with Crippen LogP contribution in [-0.2, 0) is 4.74 Å². The smallest absolute Gasteiger partial charge is 0.335 e. The fourth-order valence-corrected chi connectivity index (χ4v) is 4.81. The average Bonchev–Trinajstić information content (AvgIpc) is 3.00. The molecule has 12 heteroatoms. The lowest BCUT2D eigenvalue weighted by Gasteiger charge is -2.29. The Morgan fingerprint density at radius 1 is 1.07 bits per heavy atom. The maximum absolute atomic E-state index is 13.5. The molecule has 11 nitrogen and oxygen atoms in total. The van der Waals surface area contributed by atoms with Crippen molar-refractivity contribution in [1.29, 1.82) is 0 Å². The molecule has 1 aliphatic rings. The minimum atomic E-state index is -0.819. The number of aromatic nitrogens is 3. The third-order valence-corrected chi connectivity index (χ3v) is 7.15. The molecule has 0 unspecified atom stereocenters. The number of benzene rings is 2. The molecule has 0 bridgehead atoms. The topological polar surface area (TPSA) is 134 Å². The molecule has 0 spiro atoms. The number of nitrogens with zero attached hydrogens (tertiary/aromatic N) is 4. The summed E-state index contributed by atoms with van der Waals surface area (Å²) in [7, 11) is 0. The van der Waals surface area contributed by atoms with Gasteiger partial charge in [0, 0.05) is 37.1 Å². The van der Waals surface area contributed by atoms with Crippen LogP contribution in [0, 0.1) is 12.7 Å². The summed E-state index contributed by atoms with van der Waals surface area (Å²) >= 11 is 0. The average molecular weight is 601 g/mol. The molecule has 2 aromatic carbocycles. The van der Waals surface area contributed by atoms with Crippen molar-refractivity contribution in [3.8, 4) is 17.2 Å².